The molecule has 1 aromatic heterocycles. The highest BCUT2D eigenvalue weighted by molar-refractivity contribution is 5.88. The maximum absolute atomic E-state index is 11.0. The normalized spacial score (nSPS) is 10.4. The summed E-state index contributed by atoms with van der Waals surface area (Å²) in [5.41, 5.74) is 9.71. The maximum Gasteiger partial charge on any atom is 0.221 e. The van der Waals surface area contributed by atoms with E-state index in [1.165, 1.54) is 6.92 Å². The van der Waals surface area contributed by atoms with Gasteiger partial charge in [-0.2, -0.15) is 0 Å². The molecule has 22 heavy (non-hydrogen) atoms. The van der Waals surface area contributed by atoms with Gasteiger partial charge in [-0.3, -0.25) is 4.79 Å². The van der Waals surface area contributed by atoms with E-state index in [2.05, 4.69) is 15.6 Å². The molecule has 0 fully saturated rings. The van der Waals surface area contributed by atoms with E-state index in [1.807, 2.05) is 54.7 Å². The molecule has 0 bridgehead atoms. The van der Waals surface area contributed by atoms with Gasteiger partial charge in [-0.25, -0.2) is 4.68 Å². The van der Waals surface area contributed by atoms with E-state index >= 15 is 0 Å². The molecule has 0 aliphatic carbocycles. The first-order valence-corrected chi connectivity index (χ1v) is 6.78. The van der Waals surface area contributed by atoms with Gasteiger partial charge in [0.25, 0.3) is 0 Å². The Morgan fingerprint density at radius 2 is 1.77 bits per heavy atom. The molecule has 1 heterocycles. The van der Waals surface area contributed by atoms with Gasteiger partial charge in [0.2, 0.25) is 5.91 Å². The minimum Gasteiger partial charge on any atom is -0.399 e. The molecule has 2 aromatic carbocycles. The molecule has 0 saturated carbocycles. The van der Waals surface area contributed by atoms with E-state index in [9.17, 15) is 4.79 Å². The fraction of sp³-hybridized carbons (Fsp3) is 0.0625. The van der Waals surface area contributed by atoms with E-state index in [1.54, 1.807) is 4.68 Å². The molecule has 0 saturated heterocycles. The van der Waals surface area contributed by atoms with Crippen LogP contribution in [0.4, 0.5) is 11.4 Å². The van der Waals surface area contributed by atoms with Crippen molar-refractivity contribution in [1.29, 1.82) is 0 Å². The average Bonchev–Trinajstić information content (AvgIpc) is 2.98. The van der Waals surface area contributed by atoms with Crippen molar-refractivity contribution in [3.63, 3.8) is 0 Å². The summed E-state index contributed by atoms with van der Waals surface area (Å²) in [6, 6.07) is 14.8. The van der Waals surface area contributed by atoms with Gasteiger partial charge in [-0.1, -0.05) is 17.3 Å². The highest BCUT2D eigenvalue weighted by Gasteiger charge is 2.06. The zero-order valence-electron chi connectivity index (χ0n) is 12.0. The number of hydrogen-bond donors (Lipinski definition) is 2. The van der Waals surface area contributed by atoms with Crippen molar-refractivity contribution in [2.75, 3.05) is 11.1 Å². The van der Waals surface area contributed by atoms with Crippen molar-refractivity contribution in [2.24, 2.45) is 0 Å². The number of aromatic nitrogens is 3. The standard InChI is InChI=1S/C16H15N5O/c1-11(22)18-14-6-2-12(3-7-14)16-10-21(20-19-16)15-8-4-13(17)5-9-15/h2-10H,17H2,1H3,(H,18,22). The van der Waals surface area contributed by atoms with Gasteiger partial charge < -0.3 is 11.1 Å². The third-order valence-electron chi connectivity index (χ3n) is 3.15. The second kappa shape index (κ2) is 5.69. The zero-order valence-corrected chi connectivity index (χ0v) is 12.0. The van der Waals surface area contributed by atoms with Crippen LogP contribution in [0.15, 0.2) is 54.7 Å². The molecule has 6 nitrogen and oxygen atoms in total. The minimum atomic E-state index is -0.0953. The number of carbonyl (C=O) groups excluding carboxylic acids is 1. The molecule has 0 spiro atoms. The van der Waals surface area contributed by atoms with Gasteiger partial charge >= 0.3 is 0 Å². The summed E-state index contributed by atoms with van der Waals surface area (Å²) in [6.07, 6.45) is 1.85. The monoisotopic (exact) mass is 293 g/mol. The predicted molar refractivity (Wildman–Crippen MR) is 85.5 cm³/mol. The molecular weight excluding hydrogens is 278 g/mol. The number of nitrogens with two attached hydrogens (primary N) is 1. The second-order valence-corrected chi connectivity index (χ2v) is 4.90. The summed E-state index contributed by atoms with van der Waals surface area (Å²) >= 11 is 0. The van der Waals surface area contributed by atoms with Crippen molar-refractivity contribution in [2.45, 2.75) is 6.92 Å². The number of nitrogens with zero attached hydrogens (tertiary/aromatic N) is 3. The maximum atomic E-state index is 11.0. The van der Waals surface area contributed by atoms with Gasteiger partial charge in [0.05, 0.1) is 11.9 Å². The number of nitrogen functional groups attached to an aromatic ring is 1. The number of anilines is 2. The van der Waals surface area contributed by atoms with Crippen LogP contribution in [0.5, 0.6) is 0 Å². The van der Waals surface area contributed by atoms with E-state index in [-0.39, 0.29) is 5.91 Å². The average molecular weight is 293 g/mol. The first-order valence-electron chi connectivity index (χ1n) is 6.78. The lowest BCUT2D eigenvalue weighted by molar-refractivity contribution is -0.114. The van der Waals surface area contributed by atoms with Gasteiger partial charge in [-0.15, -0.1) is 5.10 Å². The number of nitrogens with one attached hydrogen (secondary N) is 1. The zero-order chi connectivity index (χ0) is 15.5. The minimum absolute atomic E-state index is 0.0953. The number of rotatable bonds is 3. The lowest BCUT2D eigenvalue weighted by Gasteiger charge is -2.02. The van der Waals surface area contributed by atoms with Crippen LogP contribution in [0, 0.1) is 0 Å². The molecule has 0 unspecified atom stereocenters. The van der Waals surface area contributed by atoms with Crippen LogP contribution in [0.25, 0.3) is 16.9 Å². The largest absolute Gasteiger partial charge is 0.399 e. The van der Waals surface area contributed by atoms with Crippen LogP contribution in [-0.4, -0.2) is 20.9 Å². The molecule has 110 valence electrons. The van der Waals surface area contributed by atoms with Crippen LogP contribution < -0.4 is 11.1 Å². The Morgan fingerprint density at radius 1 is 1.09 bits per heavy atom. The van der Waals surface area contributed by atoms with Crippen molar-refractivity contribution >= 4 is 17.3 Å². The van der Waals surface area contributed by atoms with Crippen LogP contribution in [0.3, 0.4) is 0 Å². The molecule has 0 aliphatic rings. The van der Waals surface area contributed by atoms with Crippen molar-refractivity contribution < 1.29 is 4.79 Å². The molecule has 3 aromatic rings. The lowest BCUT2D eigenvalue weighted by atomic mass is 10.1. The van der Waals surface area contributed by atoms with Crippen molar-refractivity contribution in [3.05, 3.63) is 54.7 Å². The highest BCUT2D eigenvalue weighted by Crippen LogP contribution is 2.20. The Bertz CT molecular complexity index is 790. The Hall–Kier alpha value is -3.15. The third-order valence-corrected chi connectivity index (χ3v) is 3.15. The third kappa shape index (κ3) is 2.95. The summed E-state index contributed by atoms with van der Waals surface area (Å²) in [5, 5.41) is 11.0. The smallest absolute Gasteiger partial charge is 0.221 e. The molecule has 3 N–H and O–H groups in total. The van der Waals surface area contributed by atoms with Crippen LogP contribution in [0.1, 0.15) is 6.92 Å². The van der Waals surface area contributed by atoms with E-state index in [0.717, 1.165) is 22.6 Å². The van der Waals surface area contributed by atoms with Crippen LogP contribution in [-0.2, 0) is 4.79 Å². The first-order chi connectivity index (χ1) is 10.6. The first kappa shape index (κ1) is 13.8. The summed E-state index contributed by atoms with van der Waals surface area (Å²) in [4.78, 5) is 11.0. The summed E-state index contributed by atoms with van der Waals surface area (Å²) in [5.74, 6) is -0.0953. The van der Waals surface area contributed by atoms with E-state index in [0.29, 0.717) is 5.69 Å². The molecule has 0 atom stereocenters. The predicted octanol–water partition coefficient (Wildman–Crippen LogP) is 2.47. The fourth-order valence-electron chi connectivity index (χ4n) is 2.08. The lowest BCUT2D eigenvalue weighted by Crippen LogP contribution is -2.05. The van der Waals surface area contributed by atoms with E-state index in [4.69, 9.17) is 5.73 Å². The van der Waals surface area contributed by atoms with E-state index < -0.39 is 0 Å². The Morgan fingerprint density at radius 3 is 2.41 bits per heavy atom. The number of amides is 1. The Balaban J connectivity index is 1.84. The number of hydrogen-bond acceptors (Lipinski definition) is 4. The van der Waals surface area contributed by atoms with Gasteiger partial charge in [0.1, 0.15) is 5.69 Å². The van der Waals surface area contributed by atoms with Gasteiger partial charge in [0.15, 0.2) is 0 Å². The molecule has 1 amide bonds. The van der Waals surface area contributed by atoms with Crippen molar-refractivity contribution in [3.8, 4) is 16.9 Å². The van der Waals surface area contributed by atoms with Crippen LogP contribution in [0.2, 0.25) is 0 Å². The number of benzene rings is 2. The summed E-state index contributed by atoms with van der Waals surface area (Å²) in [6.45, 7) is 1.48. The molecule has 0 aliphatic heterocycles. The van der Waals surface area contributed by atoms with Crippen molar-refractivity contribution in [1.82, 2.24) is 15.0 Å². The quantitative estimate of drug-likeness (QED) is 0.726. The summed E-state index contributed by atoms with van der Waals surface area (Å²) in [7, 11) is 0. The number of carbonyl (C=O) groups is 1. The topological polar surface area (TPSA) is 85.8 Å². The Kier molecular flexibility index (Phi) is 3.57. The molecule has 3 rings (SSSR count). The van der Waals surface area contributed by atoms with Gasteiger partial charge in [-0.05, 0) is 36.4 Å². The Labute approximate surface area is 127 Å². The van der Waals surface area contributed by atoms with Gasteiger partial charge in [0, 0.05) is 23.9 Å². The molecule has 0 radical (unpaired) electrons. The highest BCUT2D eigenvalue weighted by atomic mass is 16.1. The second-order valence-electron chi connectivity index (χ2n) is 4.90. The molecular formula is C16H15N5O. The SMILES string of the molecule is CC(=O)Nc1ccc(-c2cn(-c3ccc(N)cc3)nn2)cc1. The summed E-state index contributed by atoms with van der Waals surface area (Å²) < 4.78 is 1.69. The molecule has 6 heteroatoms. The van der Waals surface area contributed by atoms with Crippen LogP contribution >= 0.6 is 0 Å². The fourth-order valence-corrected chi connectivity index (χ4v) is 2.08.